The van der Waals surface area contributed by atoms with E-state index in [0.717, 1.165) is 44.1 Å². The van der Waals surface area contributed by atoms with Crippen molar-refractivity contribution in [3.8, 4) is 0 Å². The van der Waals surface area contributed by atoms with Crippen LogP contribution in [0.3, 0.4) is 0 Å². The zero-order valence-electron chi connectivity index (χ0n) is 18.3. The number of rotatable bonds is 5. The van der Waals surface area contributed by atoms with Crippen LogP contribution in [-0.4, -0.2) is 42.6 Å². The number of benzene rings is 1. The normalized spacial score (nSPS) is 26.6. The SMILES string of the molecule is C=CC(=C)C1(C(=O)N2CCc3ccc(C(F)(F)F)cc3C2)CCC(NC2CCOCC2)C1. The Morgan fingerprint density at radius 2 is 1.94 bits per heavy atom. The molecule has 174 valence electrons. The number of allylic oxidation sites excluding steroid dienone is 1. The topological polar surface area (TPSA) is 41.6 Å². The molecule has 4 nitrogen and oxygen atoms in total. The second-order valence-electron chi connectivity index (χ2n) is 9.26. The number of hydrogen-bond donors (Lipinski definition) is 1. The molecule has 0 spiro atoms. The molecule has 0 aromatic heterocycles. The third kappa shape index (κ3) is 4.50. The van der Waals surface area contributed by atoms with Crippen molar-refractivity contribution in [3.63, 3.8) is 0 Å². The summed E-state index contributed by atoms with van der Waals surface area (Å²) in [4.78, 5) is 15.5. The standard InChI is InChI=1S/C25H31F3N2O2/c1-3-17(2)24(10-6-22(15-24)29-21-8-12-32-13-9-21)23(31)30-11-7-18-4-5-20(25(26,27)28)14-19(18)16-30/h3-5,14,21-22,29H,1-2,6-13,15-16H2. The summed E-state index contributed by atoms with van der Waals surface area (Å²) in [6.45, 7) is 10.2. The highest BCUT2D eigenvalue weighted by Gasteiger charge is 2.49. The summed E-state index contributed by atoms with van der Waals surface area (Å²) in [6, 6.07) is 4.45. The van der Waals surface area contributed by atoms with Crippen molar-refractivity contribution in [2.45, 2.75) is 63.3 Å². The molecule has 1 amide bonds. The van der Waals surface area contributed by atoms with Crippen molar-refractivity contribution in [2.24, 2.45) is 5.41 Å². The Kier molecular flexibility index (Phi) is 6.50. The van der Waals surface area contributed by atoms with Gasteiger partial charge in [0.15, 0.2) is 0 Å². The van der Waals surface area contributed by atoms with E-state index in [1.54, 1.807) is 17.0 Å². The lowest BCUT2D eigenvalue weighted by Crippen LogP contribution is -2.47. The minimum atomic E-state index is -4.39. The number of alkyl halides is 3. The number of nitrogens with one attached hydrogen (secondary N) is 1. The van der Waals surface area contributed by atoms with Crippen molar-refractivity contribution in [3.05, 3.63) is 59.7 Å². The van der Waals surface area contributed by atoms with Crippen LogP contribution >= 0.6 is 0 Å². The minimum Gasteiger partial charge on any atom is -0.381 e. The molecule has 0 bridgehead atoms. The first-order valence-electron chi connectivity index (χ1n) is 11.4. The van der Waals surface area contributed by atoms with Gasteiger partial charge in [-0.05, 0) is 67.4 Å². The number of carbonyl (C=O) groups is 1. The lowest BCUT2D eigenvalue weighted by molar-refractivity contribution is -0.140. The van der Waals surface area contributed by atoms with E-state index in [4.69, 9.17) is 4.74 Å². The lowest BCUT2D eigenvalue weighted by Gasteiger charge is -2.38. The van der Waals surface area contributed by atoms with Crippen molar-refractivity contribution < 1.29 is 22.7 Å². The second-order valence-corrected chi connectivity index (χ2v) is 9.26. The molecule has 32 heavy (non-hydrogen) atoms. The summed E-state index contributed by atoms with van der Waals surface area (Å²) in [6.07, 6.45) is 1.92. The van der Waals surface area contributed by atoms with Crippen molar-refractivity contribution in [1.82, 2.24) is 10.2 Å². The van der Waals surface area contributed by atoms with Crippen LogP contribution < -0.4 is 5.32 Å². The molecule has 2 heterocycles. The number of nitrogens with zero attached hydrogens (tertiary/aromatic N) is 1. The molecule has 1 saturated heterocycles. The number of hydrogen-bond acceptors (Lipinski definition) is 3. The van der Waals surface area contributed by atoms with E-state index < -0.39 is 17.2 Å². The maximum Gasteiger partial charge on any atom is 0.416 e. The molecular formula is C25H31F3N2O2. The number of amides is 1. The van der Waals surface area contributed by atoms with Crippen molar-refractivity contribution >= 4 is 5.91 Å². The van der Waals surface area contributed by atoms with Gasteiger partial charge < -0.3 is 15.0 Å². The van der Waals surface area contributed by atoms with Crippen molar-refractivity contribution in [2.75, 3.05) is 19.8 Å². The van der Waals surface area contributed by atoms with E-state index in [0.29, 0.717) is 43.0 Å². The maximum atomic E-state index is 13.8. The average molecular weight is 449 g/mol. The molecular weight excluding hydrogens is 417 g/mol. The highest BCUT2D eigenvalue weighted by Crippen LogP contribution is 2.46. The van der Waals surface area contributed by atoms with E-state index in [-0.39, 0.29) is 18.5 Å². The van der Waals surface area contributed by atoms with Crippen LogP contribution in [0.1, 0.15) is 48.8 Å². The van der Waals surface area contributed by atoms with Crippen LogP contribution in [0, 0.1) is 5.41 Å². The molecule has 1 aromatic rings. The zero-order valence-corrected chi connectivity index (χ0v) is 18.3. The first-order chi connectivity index (χ1) is 15.2. The van der Waals surface area contributed by atoms with Gasteiger partial charge >= 0.3 is 6.18 Å². The lowest BCUT2D eigenvalue weighted by atomic mass is 9.77. The number of halogens is 3. The monoisotopic (exact) mass is 448 g/mol. The van der Waals surface area contributed by atoms with Gasteiger partial charge in [0.05, 0.1) is 11.0 Å². The molecule has 1 aliphatic carbocycles. The van der Waals surface area contributed by atoms with Gasteiger partial charge in [-0.2, -0.15) is 13.2 Å². The summed E-state index contributed by atoms with van der Waals surface area (Å²) >= 11 is 0. The van der Waals surface area contributed by atoms with Gasteiger partial charge in [-0.3, -0.25) is 4.79 Å². The summed E-state index contributed by atoms with van der Waals surface area (Å²) in [7, 11) is 0. The number of fused-ring (bicyclic) bond motifs is 1. The fourth-order valence-electron chi connectivity index (χ4n) is 5.41. The Bertz CT molecular complexity index is 892. The number of ether oxygens (including phenoxy) is 1. The van der Waals surface area contributed by atoms with Crippen LogP contribution in [0.25, 0.3) is 0 Å². The minimum absolute atomic E-state index is 0.0401. The van der Waals surface area contributed by atoms with Crippen LogP contribution in [-0.2, 0) is 28.7 Å². The third-order valence-electron chi connectivity index (χ3n) is 7.31. The summed E-state index contributed by atoms with van der Waals surface area (Å²) in [5, 5.41) is 3.70. The van der Waals surface area contributed by atoms with Gasteiger partial charge in [-0.25, -0.2) is 0 Å². The van der Waals surface area contributed by atoms with Crippen LogP contribution in [0.15, 0.2) is 43.0 Å². The van der Waals surface area contributed by atoms with Gasteiger partial charge in [0.1, 0.15) is 0 Å². The van der Waals surface area contributed by atoms with Gasteiger partial charge in [-0.1, -0.05) is 25.3 Å². The average Bonchev–Trinajstić information content (AvgIpc) is 3.22. The quantitative estimate of drug-likeness (QED) is 0.668. The van der Waals surface area contributed by atoms with Gasteiger partial charge in [0.25, 0.3) is 0 Å². The molecule has 2 fully saturated rings. The molecule has 2 unspecified atom stereocenters. The van der Waals surface area contributed by atoms with Crippen molar-refractivity contribution in [1.29, 1.82) is 0 Å². The fraction of sp³-hybridized carbons (Fsp3) is 0.560. The molecule has 7 heteroatoms. The second kappa shape index (κ2) is 9.02. The third-order valence-corrected chi connectivity index (χ3v) is 7.31. The molecule has 3 aliphatic rings. The Hall–Kier alpha value is -2.12. The molecule has 1 saturated carbocycles. The van der Waals surface area contributed by atoms with Crippen LogP contribution in [0.4, 0.5) is 13.2 Å². The predicted octanol–water partition coefficient (Wildman–Crippen LogP) is 4.64. The van der Waals surface area contributed by atoms with Gasteiger partial charge in [0, 0.05) is 38.4 Å². The molecule has 1 aromatic carbocycles. The highest BCUT2D eigenvalue weighted by molar-refractivity contribution is 5.87. The first kappa shape index (κ1) is 23.1. The van der Waals surface area contributed by atoms with E-state index in [9.17, 15) is 18.0 Å². The summed E-state index contributed by atoms with van der Waals surface area (Å²) in [5.41, 5.74) is 0.743. The molecule has 1 N–H and O–H groups in total. The Morgan fingerprint density at radius 3 is 2.62 bits per heavy atom. The predicted molar refractivity (Wildman–Crippen MR) is 117 cm³/mol. The van der Waals surface area contributed by atoms with Crippen LogP contribution in [0.5, 0.6) is 0 Å². The van der Waals surface area contributed by atoms with E-state index in [1.165, 1.54) is 6.07 Å². The molecule has 0 radical (unpaired) electrons. The van der Waals surface area contributed by atoms with Gasteiger partial charge in [0.2, 0.25) is 5.91 Å². The molecule has 2 atom stereocenters. The molecule has 2 aliphatic heterocycles. The van der Waals surface area contributed by atoms with E-state index >= 15 is 0 Å². The Morgan fingerprint density at radius 1 is 1.19 bits per heavy atom. The number of carbonyl (C=O) groups excluding carboxylic acids is 1. The maximum absolute atomic E-state index is 13.8. The van der Waals surface area contributed by atoms with Crippen LogP contribution in [0.2, 0.25) is 0 Å². The zero-order chi connectivity index (χ0) is 22.9. The molecule has 4 rings (SSSR count). The van der Waals surface area contributed by atoms with Gasteiger partial charge in [-0.15, -0.1) is 0 Å². The summed E-state index contributed by atoms with van der Waals surface area (Å²) in [5.74, 6) is -0.0401. The summed E-state index contributed by atoms with van der Waals surface area (Å²) < 4.78 is 45.0. The smallest absolute Gasteiger partial charge is 0.381 e. The Labute approximate surface area is 187 Å². The van der Waals surface area contributed by atoms with E-state index in [1.807, 2.05) is 0 Å². The largest absolute Gasteiger partial charge is 0.416 e. The fourth-order valence-corrected chi connectivity index (χ4v) is 5.41. The van der Waals surface area contributed by atoms with E-state index in [2.05, 4.69) is 18.5 Å². The highest BCUT2D eigenvalue weighted by atomic mass is 19.4. The Balaban J connectivity index is 1.52. The first-order valence-corrected chi connectivity index (χ1v) is 11.4.